The molecule has 0 bridgehead atoms. The van der Waals surface area contributed by atoms with Gasteiger partial charge in [-0.15, -0.1) is 11.3 Å². The van der Waals surface area contributed by atoms with E-state index in [0.717, 1.165) is 9.78 Å². The van der Waals surface area contributed by atoms with E-state index in [4.69, 9.17) is 5.11 Å². The molecule has 1 aromatic heterocycles. The maximum Gasteiger partial charge on any atom is 0.326 e. The van der Waals surface area contributed by atoms with Crippen LogP contribution in [0.1, 0.15) is 11.3 Å². The van der Waals surface area contributed by atoms with Gasteiger partial charge in [-0.25, -0.2) is 9.59 Å². The highest BCUT2D eigenvalue weighted by Gasteiger charge is 2.38. The van der Waals surface area contributed by atoms with Crippen molar-refractivity contribution in [2.24, 2.45) is 0 Å². The number of hydrogen-bond donors (Lipinski definition) is 3. The number of carbonyl (C=O) groups is 2. The van der Waals surface area contributed by atoms with Crippen molar-refractivity contribution in [3.63, 3.8) is 0 Å². The van der Waals surface area contributed by atoms with Crippen molar-refractivity contribution in [3.8, 4) is 0 Å². The van der Waals surface area contributed by atoms with Crippen molar-refractivity contribution >= 4 is 23.3 Å². The van der Waals surface area contributed by atoms with Crippen molar-refractivity contribution in [1.29, 1.82) is 0 Å². The molecule has 1 aliphatic rings. The maximum atomic E-state index is 11.8. The van der Waals surface area contributed by atoms with E-state index in [2.05, 4.69) is 10.3 Å². The number of carboxylic acids is 1. The van der Waals surface area contributed by atoms with Crippen LogP contribution in [0.25, 0.3) is 0 Å². The summed E-state index contributed by atoms with van der Waals surface area (Å²) in [5, 5.41) is 21.0. The molecule has 1 aromatic rings. The standard InChI is InChI=1S/C10H13N3O4S/c14-6-1-8(9(15)16)13(4-6)10(17)12-3-7-2-11-5-18-7/h2,5-6,8,14H,1,3-4H2,(H,12,17)(H,15,16)/t6-,8-/m1/s1. The molecule has 18 heavy (non-hydrogen) atoms. The molecule has 98 valence electrons. The number of carboxylic acid groups (broad SMARTS) is 1. The van der Waals surface area contributed by atoms with Gasteiger partial charge in [-0.3, -0.25) is 4.98 Å². The predicted octanol–water partition coefficient (Wildman–Crippen LogP) is -0.127. The Morgan fingerprint density at radius 2 is 2.39 bits per heavy atom. The van der Waals surface area contributed by atoms with Gasteiger partial charge in [-0.05, 0) is 0 Å². The highest BCUT2D eigenvalue weighted by molar-refractivity contribution is 7.09. The number of aromatic nitrogens is 1. The lowest BCUT2D eigenvalue weighted by Crippen LogP contribution is -2.45. The molecule has 8 heteroatoms. The number of amides is 2. The van der Waals surface area contributed by atoms with Crippen LogP contribution in [0.15, 0.2) is 11.7 Å². The molecule has 0 spiro atoms. The molecule has 0 unspecified atom stereocenters. The number of hydrogen-bond acceptors (Lipinski definition) is 5. The SMILES string of the molecule is O=C(O)[C@H]1C[C@@H](O)CN1C(=O)NCc1cncs1. The molecule has 2 rings (SSSR count). The molecule has 7 nitrogen and oxygen atoms in total. The number of aliphatic hydroxyl groups excluding tert-OH is 1. The maximum absolute atomic E-state index is 11.8. The first-order valence-corrected chi connectivity index (χ1v) is 6.28. The van der Waals surface area contributed by atoms with Crippen LogP contribution >= 0.6 is 11.3 Å². The first-order chi connectivity index (χ1) is 8.58. The van der Waals surface area contributed by atoms with E-state index in [0.29, 0.717) is 6.54 Å². The average molecular weight is 271 g/mol. The largest absolute Gasteiger partial charge is 0.480 e. The summed E-state index contributed by atoms with van der Waals surface area (Å²) in [5.41, 5.74) is 1.65. The zero-order valence-electron chi connectivity index (χ0n) is 9.44. The summed E-state index contributed by atoms with van der Waals surface area (Å²) < 4.78 is 0. The van der Waals surface area contributed by atoms with Crippen molar-refractivity contribution < 1.29 is 19.8 Å². The Balaban J connectivity index is 1.93. The minimum absolute atomic E-state index is 0.0471. The number of carbonyl (C=O) groups excluding carboxylic acids is 1. The molecule has 2 amide bonds. The molecule has 1 aliphatic heterocycles. The van der Waals surface area contributed by atoms with E-state index in [1.165, 1.54) is 11.3 Å². The zero-order valence-corrected chi connectivity index (χ0v) is 10.3. The molecular formula is C10H13N3O4S. The fourth-order valence-corrected chi connectivity index (χ4v) is 2.40. The molecule has 2 heterocycles. The lowest BCUT2D eigenvalue weighted by atomic mass is 10.2. The van der Waals surface area contributed by atoms with Gasteiger partial charge in [0.2, 0.25) is 0 Å². The van der Waals surface area contributed by atoms with Gasteiger partial charge in [0, 0.05) is 24.0 Å². The van der Waals surface area contributed by atoms with Crippen molar-refractivity contribution in [1.82, 2.24) is 15.2 Å². The molecule has 0 aromatic carbocycles. The van der Waals surface area contributed by atoms with Gasteiger partial charge in [0.25, 0.3) is 0 Å². The van der Waals surface area contributed by atoms with Gasteiger partial charge in [-0.1, -0.05) is 0 Å². The van der Waals surface area contributed by atoms with Crippen LogP contribution in [-0.2, 0) is 11.3 Å². The second kappa shape index (κ2) is 5.32. The van der Waals surface area contributed by atoms with Crippen LogP contribution in [0.2, 0.25) is 0 Å². The lowest BCUT2D eigenvalue weighted by molar-refractivity contribution is -0.141. The van der Waals surface area contributed by atoms with Crippen molar-refractivity contribution in [2.45, 2.75) is 25.1 Å². The molecule has 2 atom stereocenters. The second-order valence-electron chi connectivity index (χ2n) is 4.02. The third-order valence-corrected chi connectivity index (χ3v) is 3.50. The van der Waals surface area contributed by atoms with Crippen LogP contribution in [0.5, 0.6) is 0 Å². The van der Waals surface area contributed by atoms with Gasteiger partial charge in [0.15, 0.2) is 0 Å². The van der Waals surface area contributed by atoms with Gasteiger partial charge in [-0.2, -0.15) is 0 Å². The summed E-state index contributed by atoms with van der Waals surface area (Å²) in [7, 11) is 0. The monoisotopic (exact) mass is 271 g/mol. The minimum atomic E-state index is -1.10. The Hall–Kier alpha value is -1.67. The first kappa shape index (κ1) is 12.8. The number of thiazole rings is 1. The van der Waals surface area contributed by atoms with Crippen molar-refractivity contribution in [2.75, 3.05) is 6.54 Å². The van der Waals surface area contributed by atoms with E-state index in [1.54, 1.807) is 11.7 Å². The van der Waals surface area contributed by atoms with Crippen LogP contribution in [0, 0.1) is 0 Å². The fraction of sp³-hybridized carbons (Fsp3) is 0.500. The average Bonchev–Trinajstić information content (AvgIpc) is 2.94. The Bertz CT molecular complexity index is 436. The zero-order chi connectivity index (χ0) is 13.1. The molecule has 0 saturated carbocycles. The Morgan fingerprint density at radius 3 is 3.00 bits per heavy atom. The second-order valence-corrected chi connectivity index (χ2v) is 4.99. The quantitative estimate of drug-likeness (QED) is 0.710. The van der Waals surface area contributed by atoms with E-state index in [-0.39, 0.29) is 13.0 Å². The molecule has 1 fully saturated rings. The number of urea groups is 1. The van der Waals surface area contributed by atoms with Gasteiger partial charge in [0.05, 0.1) is 18.2 Å². The third-order valence-electron chi connectivity index (χ3n) is 2.72. The number of nitrogens with zero attached hydrogens (tertiary/aromatic N) is 2. The predicted molar refractivity (Wildman–Crippen MR) is 63.1 cm³/mol. The van der Waals surface area contributed by atoms with Crippen LogP contribution in [0.4, 0.5) is 4.79 Å². The van der Waals surface area contributed by atoms with Crippen molar-refractivity contribution in [3.05, 3.63) is 16.6 Å². The minimum Gasteiger partial charge on any atom is -0.480 e. The molecule has 0 radical (unpaired) electrons. The normalized spacial score (nSPS) is 23.1. The Kier molecular flexibility index (Phi) is 3.78. The first-order valence-electron chi connectivity index (χ1n) is 5.40. The molecule has 0 aliphatic carbocycles. The summed E-state index contributed by atoms with van der Waals surface area (Å²) in [6, 6.07) is -1.44. The smallest absolute Gasteiger partial charge is 0.326 e. The van der Waals surface area contributed by atoms with Gasteiger partial charge < -0.3 is 20.4 Å². The number of β-amino-alcohol motifs (C(OH)–C–C–N with tert-alkyl or cyclic N) is 1. The molecular weight excluding hydrogens is 258 g/mol. The highest BCUT2D eigenvalue weighted by Crippen LogP contribution is 2.18. The number of rotatable bonds is 3. The van der Waals surface area contributed by atoms with Crippen LogP contribution in [0.3, 0.4) is 0 Å². The summed E-state index contributed by atoms with van der Waals surface area (Å²) in [4.78, 5) is 28.7. The fourth-order valence-electron chi connectivity index (χ4n) is 1.87. The number of aliphatic hydroxyl groups is 1. The van der Waals surface area contributed by atoms with Gasteiger partial charge in [0.1, 0.15) is 6.04 Å². The highest BCUT2D eigenvalue weighted by atomic mass is 32.1. The summed E-state index contributed by atoms with van der Waals surface area (Å²) in [5.74, 6) is -1.10. The molecule has 1 saturated heterocycles. The van der Waals surface area contributed by atoms with E-state index in [1.807, 2.05) is 0 Å². The third kappa shape index (κ3) is 2.77. The van der Waals surface area contributed by atoms with Crippen LogP contribution < -0.4 is 5.32 Å². The Morgan fingerprint density at radius 1 is 1.61 bits per heavy atom. The lowest BCUT2D eigenvalue weighted by Gasteiger charge is -2.21. The van der Waals surface area contributed by atoms with E-state index in [9.17, 15) is 14.7 Å². The van der Waals surface area contributed by atoms with E-state index < -0.39 is 24.1 Å². The van der Waals surface area contributed by atoms with Crippen LogP contribution in [-0.4, -0.2) is 50.8 Å². The summed E-state index contributed by atoms with van der Waals surface area (Å²) >= 11 is 1.41. The topological polar surface area (TPSA) is 103 Å². The molecule has 3 N–H and O–H groups in total. The van der Waals surface area contributed by atoms with E-state index >= 15 is 0 Å². The summed E-state index contributed by atoms with van der Waals surface area (Å²) in [6.45, 7) is 0.355. The van der Waals surface area contributed by atoms with Gasteiger partial charge >= 0.3 is 12.0 Å². The number of likely N-dealkylation sites (tertiary alicyclic amines) is 1. The Labute approximate surface area is 107 Å². The number of aliphatic carboxylic acids is 1. The summed E-state index contributed by atoms with van der Waals surface area (Å²) in [6.07, 6.45) is 0.933. The number of nitrogens with one attached hydrogen (secondary N) is 1.